The van der Waals surface area contributed by atoms with E-state index in [0.717, 1.165) is 19.1 Å². The van der Waals surface area contributed by atoms with Gasteiger partial charge in [-0.3, -0.25) is 0 Å². The number of hydrogen-bond donors (Lipinski definition) is 1. The Kier molecular flexibility index (Phi) is 5.85. The van der Waals surface area contributed by atoms with Crippen molar-refractivity contribution >= 4 is 16.5 Å². The van der Waals surface area contributed by atoms with Crippen molar-refractivity contribution in [3.05, 3.63) is 11.1 Å². The van der Waals surface area contributed by atoms with Gasteiger partial charge in [-0.2, -0.15) is 0 Å². The summed E-state index contributed by atoms with van der Waals surface area (Å²) in [6.45, 7) is 11.0. The monoisotopic (exact) mass is 295 g/mol. The molecule has 4 heteroatoms. The third kappa shape index (κ3) is 4.45. The van der Waals surface area contributed by atoms with Crippen LogP contribution in [0.3, 0.4) is 0 Å². The van der Waals surface area contributed by atoms with Gasteiger partial charge in [0.2, 0.25) is 0 Å². The van der Waals surface area contributed by atoms with E-state index >= 15 is 0 Å². The highest BCUT2D eigenvalue weighted by Gasteiger charge is 2.25. The molecule has 0 unspecified atom stereocenters. The molecule has 20 heavy (non-hydrogen) atoms. The molecule has 0 atom stereocenters. The van der Waals surface area contributed by atoms with Crippen LogP contribution in [0.25, 0.3) is 0 Å². The van der Waals surface area contributed by atoms with Crippen molar-refractivity contribution in [1.82, 2.24) is 10.3 Å². The lowest BCUT2D eigenvalue weighted by atomic mass is 10.1. The molecule has 1 aromatic rings. The Bertz CT molecular complexity index is 394. The van der Waals surface area contributed by atoms with Crippen LogP contribution < -0.4 is 10.2 Å². The predicted molar refractivity (Wildman–Crippen MR) is 88.5 cm³/mol. The normalized spacial score (nSPS) is 16.5. The quantitative estimate of drug-likeness (QED) is 0.822. The summed E-state index contributed by atoms with van der Waals surface area (Å²) in [7, 11) is 0. The van der Waals surface area contributed by atoms with Crippen LogP contribution in [-0.2, 0) is 6.54 Å². The summed E-state index contributed by atoms with van der Waals surface area (Å²) >= 11 is 1.81. The first kappa shape index (κ1) is 15.8. The highest BCUT2D eigenvalue weighted by molar-refractivity contribution is 7.13. The Morgan fingerprint density at radius 1 is 1.30 bits per heavy atom. The molecule has 1 aromatic heterocycles. The van der Waals surface area contributed by atoms with Crippen LogP contribution in [0.15, 0.2) is 5.38 Å². The Balaban J connectivity index is 2.04. The predicted octanol–water partition coefficient (Wildman–Crippen LogP) is 4.05. The average molecular weight is 295 g/mol. The van der Waals surface area contributed by atoms with Crippen LogP contribution in [0.5, 0.6) is 0 Å². The summed E-state index contributed by atoms with van der Waals surface area (Å²) in [4.78, 5) is 7.43. The van der Waals surface area contributed by atoms with Gasteiger partial charge in [-0.05, 0) is 18.8 Å². The molecular weight excluding hydrogens is 266 g/mol. The van der Waals surface area contributed by atoms with Crippen LogP contribution in [0.4, 0.5) is 5.13 Å². The SMILES string of the molecule is CC(C)CN(c1nc(CNC(C)C)cs1)C1CCCC1. The van der Waals surface area contributed by atoms with Crippen molar-refractivity contribution in [1.29, 1.82) is 0 Å². The molecule has 0 bridgehead atoms. The molecular formula is C16H29N3S. The van der Waals surface area contributed by atoms with Crippen LogP contribution in [-0.4, -0.2) is 23.6 Å². The van der Waals surface area contributed by atoms with Gasteiger partial charge in [0.05, 0.1) is 5.69 Å². The van der Waals surface area contributed by atoms with E-state index in [2.05, 4.69) is 43.3 Å². The van der Waals surface area contributed by atoms with Crippen molar-refractivity contribution in [2.24, 2.45) is 5.92 Å². The van der Waals surface area contributed by atoms with Gasteiger partial charge in [0.25, 0.3) is 0 Å². The highest BCUT2D eigenvalue weighted by atomic mass is 32.1. The largest absolute Gasteiger partial charge is 0.345 e. The van der Waals surface area contributed by atoms with Crippen molar-refractivity contribution in [2.45, 2.75) is 72.0 Å². The van der Waals surface area contributed by atoms with Crippen molar-refractivity contribution in [3.63, 3.8) is 0 Å². The van der Waals surface area contributed by atoms with Gasteiger partial charge >= 0.3 is 0 Å². The van der Waals surface area contributed by atoms with E-state index in [0.29, 0.717) is 12.0 Å². The maximum atomic E-state index is 4.86. The summed E-state index contributed by atoms with van der Waals surface area (Å²) in [6, 6.07) is 1.23. The molecule has 3 nitrogen and oxygen atoms in total. The molecule has 1 N–H and O–H groups in total. The Labute approximate surface area is 127 Å². The average Bonchev–Trinajstić information content (AvgIpc) is 3.05. The van der Waals surface area contributed by atoms with Gasteiger partial charge in [0.15, 0.2) is 5.13 Å². The zero-order valence-electron chi connectivity index (χ0n) is 13.4. The van der Waals surface area contributed by atoms with Gasteiger partial charge in [-0.25, -0.2) is 4.98 Å². The maximum absolute atomic E-state index is 4.86. The Morgan fingerprint density at radius 3 is 2.60 bits per heavy atom. The topological polar surface area (TPSA) is 28.2 Å². The molecule has 1 saturated carbocycles. The van der Waals surface area contributed by atoms with Crippen LogP contribution >= 0.6 is 11.3 Å². The lowest BCUT2D eigenvalue weighted by molar-refractivity contribution is 0.533. The zero-order valence-corrected chi connectivity index (χ0v) is 14.2. The fraction of sp³-hybridized carbons (Fsp3) is 0.812. The molecule has 1 heterocycles. The molecule has 0 spiro atoms. The fourth-order valence-corrected chi connectivity index (χ4v) is 3.72. The van der Waals surface area contributed by atoms with Gasteiger partial charge in [0.1, 0.15) is 0 Å². The third-order valence-electron chi connectivity index (χ3n) is 3.80. The van der Waals surface area contributed by atoms with Crippen molar-refractivity contribution in [2.75, 3.05) is 11.4 Å². The minimum atomic E-state index is 0.516. The number of rotatable bonds is 7. The van der Waals surface area contributed by atoms with Gasteiger partial charge in [-0.1, -0.05) is 40.5 Å². The van der Waals surface area contributed by atoms with Crippen molar-refractivity contribution < 1.29 is 0 Å². The summed E-state index contributed by atoms with van der Waals surface area (Å²) in [5.41, 5.74) is 1.19. The molecule has 1 fully saturated rings. The Hall–Kier alpha value is -0.610. The van der Waals surface area contributed by atoms with E-state index in [9.17, 15) is 0 Å². The van der Waals surface area contributed by atoms with Crippen LogP contribution in [0.1, 0.15) is 59.1 Å². The van der Waals surface area contributed by atoms with Crippen molar-refractivity contribution in [3.8, 4) is 0 Å². The van der Waals surface area contributed by atoms with Gasteiger partial charge in [-0.15, -0.1) is 11.3 Å². The van der Waals surface area contributed by atoms with E-state index in [1.54, 1.807) is 0 Å². The van der Waals surface area contributed by atoms with Gasteiger partial charge < -0.3 is 10.2 Å². The van der Waals surface area contributed by atoms with Crippen LogP contribution in [0.2, 0.25) is 0 Å². The smallest absolute Gasteiger partial charge is 0.185 e. The molecule has 0 radical (unpaired) electrons. The number of hydrogen-bond acceptors (Lipinski definition) is 4. The first-order valence-corrected chi connectivity index (χ1v) is 8.88. The molecule has 1 aliphatic carbocycles. The Morgan fingerprint density at radius 2 is 2.00 bits per heavy atom. The molecule has 114 valence electrons. The summed E-state index contributed by atoms with van der Waals surface area (Å²) < 4.78 is 0. The maximum Gasteiger partial charge on any atom is 0.185 e. The molecule has 0 amide bonds. The lowest BCUT2D eigenvalue weighted by Crippen LogP contribution is -2.36. The molecule has 0 aliphatic heterocycles. The fourth-order valence-electron chi connectivity index (χ4n) is 2.81. The van der Waals surface area contributed by atoms with E-state index in [1.807, 2.05) is 11.3 Å². The summed E-state index contributed by atoms with van der Waals surface area (Å²) in [5.74, 6) is 0.691. The summed E-state index contributed by atoms with van der Waals surface area (Å²) in [6.07, 6.45) is 5.44. The second-order valence-corrected chi connectivity index (χ2v) is 7.48. The van der Waals surface area contributed by atoms with E-state index in [4.69, 9.17) is 4.98 Å². The molecule has 0 saturated heterocycles. The second-order valence-electron chi connectivity index (χ2n) is 6.64. The molecule has 2 rings (SSSR count). The number of aromatic nitrogens is 1. The number of thiazole rings is 1. The minimum Gasteiger partial charge on any atom is -0.345 e. The van der Waals surface area contributed by atoms with Crippen LogP contribution in [0, 0.1) is 5.92 Å². The highest BCUT2D eigenvalue weighted by Crippen LogP contribution is 2.31. The van der Waals surface area contributed by atoms with E-state index < -0.39 is 0 Å². The first-order valence-electron chi connectivity index (χ1n) is 8.00. The number of nitrogens with zero attached hydrogens (tertiary/aromatic N) is 2. The zero-order chi connectivity index (χ0) is 14.5. The van der Waals surface area contributed by atoms with Gasteiger partial charge in [0, 0.05) is 30.6 Å². The first-order chi connectivity index (χ1) is 9.56. The third-order valence-corrected chi connectivity index (χ3v) is 4.73. The molecule has 0 aromatic carbocycles. The minimum absolute atomic E-state index is 0.516. The molecule has 1 aliphatic rings. The van der Waals surface area contributed by atoms with E-state index in [-0.39, 0.29) is 0 Å². The summed E-state index contributed by atoms with van der Waals surface area (Å²) in [5, 5.41) is 6.89. The number of nitrogens with one attached hydrogen (secondary N) is 1. The number of anilines is 1. The second kappa shape index (κ2) is 7.41. The van der Waals surface area contributed by atoms with E-state index in [1.165, 1.54) is 36.5 Å². The lowest BCUT2D eigenvalue weighted by Gasteiger charge is -2.30. The standard InChI is InChI=1S/C16H29N3S/c1-12(2)10-19(15-7-5-6-8-15)16-18-14(11-20-16)9-17-13(3)4/h11-13,15,17H,5-10H2,1-4H3.